The number of rotatable bonds is 5. The first-order chi connectivity index (χ1) is 9.70. The van der Waals surface area contributed by atoms with Gasteiger partial charge in [0.25, 0.3) is 0 Å². The number of hydrogen-bond acceptors (Lipinski definition) is 4. The third-order valence-electron chi connectivity index (χ3n) is 3.33. The van der Waals surface area contributed by atoms with E-state index < -0.39 is 0 Å². The molecule has 1 N–H and O–H groups in total. The van der Waals surface area contributed by atoms with Gasteiger partial charge < -0.3 is 10.1 Å². The van der Waals surface area contributed by atoms with Gasteiger partial charge in [-0.05, 0) is 19.1 Å². The molecule has 1 aromatic rings. The summed E-state index contributed by atoms with van der Waals surface area (Å²) in [4.78, 5) is 7.59. The minimum atomic E-state index is -0.0362. The molecule has 0 aromatic carbocycles. The lowest BCUT2D eigenvalue weighted by Gasteiger charge is -2.28. The van der Waals surface area contributed by atoms with Crippen molar-refractivity contribution in [3.05, 3.63) is 42.2 Å². The molecule has 0 aliphatic carbocycles. The van der Waals surface area contributed by atoms with Crippen molar-refractivity contribution in [2.24, 2.45) is 0 Å². The lowest BCUT2D eigenvalue weighted by Crippen LogP contribution is -2.44. The molecule has 2 rings (SSSR count). The van der Waals surface area contributed by atoms with Crippen LogP contribution in [-0.4, -0.2) is 47.8 Å². The minimum Gasteiger partial charge on any atom is -0.379 e. The van der Waals surface area contributed by atoms with E-state index in [1.54, 1.807) is 0 Å². The van der Waals surface area contributed by atoms with Gasteiger partial charge in [-0.2, -0.15) is 0 Å². The molecule has 4 nitrogen and oxygen atoms in total. The third kappa shape index (κ3) is 4.10. The molecule has 1 unspecified atom stereocenters. The van der Waals surface area contributed by atoms with E-state index in [0.717, 1.165) is 49.3 Å². The van der Waals surface area contributed by atoms with Crippen LogP contribution in [0.2, 0.25) is 0 Å². The Bertz CT molecular complexity index is 472. The highest BCUT2D eigenvalue weighted by atomic mass is 32.1. The van der Waals surface area contributed by atoms with Gasteiger partial charge in [-0.1, -0.05) is 24.4 Å². The molecule has 108 valence electrons. The second-order valence-electron chi connectivity index (χ2n) is 4.85. The van der Waals surface area contributed by atoms with Gasteiger partial charge in [0.2, 0.25) is 0 Å². The number of nitrogens with one attached hydrogen (secondary N) is 1. The zero-order valence-electron chi connectivity index (χ0n) is 11.8. The van der Waals surface area contributed by atoms with Crippen LogP contribution in [0.15, 0.2) is 30.9 Å². The molecule has 20 heavy (non-hydrogen) atoms. The molecule has 1 aromatic heterocycles. The lowest BCUT2D eigenvalue weighted by atomic mass is 10.0. The lowest BCUT2D eigenvalue weighted by molar-refractivity contribution is 0.0367. The molecule has 0 bridgehead atoms. The highest BCUT2D eigenvalue weighted by molar-refractivity contribution is 7.80. The number of pyridine rings is 1. The van der Waals surface area contributed by atoms with E-state index in [4.69, 9.17) is 17.0 Å². The van der Waals surface area contributed by atoms with Crippen molar-refractivity contribution >= 4 is 17.2 Å². The van der Waals surface area contributed by atoms with E-state index in [0.29, 0.717) is 0 Å². The molecule has 1 aliphatic rings. The number of thiocarbonyl (C=S) groups is 1. The van der Waals surface area contributed by atoms with Crippen molar-refractivity contribution in [3.63, 3.8) is 0 Å². The Kier molecular flexibility index (Phi) is 5.64. The van der Waals surface area contributed by atoms with Crippen LogP contribution in [0.25, 0.3) is 0 Å². The number of nitrogens with zero attached hydrogens (tertiary/aromatic N) is 2. The molecule has 0 amide bonds. The standard InChI is InChI=1S/C15H21N3OS/c1-3-13(14-6-4-5-12(2)17-14)15(20)16-11-18-7-9-19-10-8-18/h3-6,13H,1,7-11H2,2H3,(H,16,20). The van der Waals surface area contributed by atoms with Crippen LogP contribution in [0.3, 0.4) is 0 Å². The van der Waals surface area contributed by atoms with Gasteiger partial charge in [-0.3, -0.25) is 9.88 Å². The maximum atomic E-state index is 5.49. The summed E-state index contributed by atoms with van der Waals surface area (Å²) in [5.74, 6) is -0.0362. The summed E-state index contributed by atoms with van der Waals surface area (Å²) < 4.78 is 5.33. The van der Waals surface area contributed by atoms with E-state index >= 15 is 0 Å². The third-order valence-corrected chi connectivity index (χ3v) is 3.73. The monoisotopic (exact) mass is 291 g/mol. The van der Waals surface area contributed by atoms with Crippen molar-refractivity contribution in [1.29, 1.82) is 0 Å². The fourth-order valence-electron chi connectivity index (χ4n) is 2.16. The predicted molar refractivity (Wildman–Crippen MR) is 84.9 cm³/mol. The summed E-state index contributed by atoms with van der Waals surface area (Å²) in [5, 5.41) is 3.31. The zero-order valence-corrected chi connectivity index (χ0v) is 12.7. The minimum absolute atomic E-state index is 0.0362. The van der Waals surface area contributed by atoms with Crippen LogP contribution in [-0.2, 0) is 4.74 Å². The molecule has 2 heterocycles. The Morgan fingerprint density at radius 2 is 2.30 bits per heavy atom. The van der Waals surface area contributed by atoms with Crippen LogP contribution >= 0.6 is 12.2 Å². The molecule has 1 atom stereocenters. The molecule has 1 saturated heterocycles. The normalized spacial score (nSPS) is 17.4. The molecule has 0 spiro atoms. The van der Waals surface area contributed by atoms with E-state index in [-0.39, 0.29) is 5.92 Å². The Labute approximate surface area is 125 Å². The van der Waals surface area contributed by atoms with E-state index in [1.165, 1.54) is 0 Å². The van der Waals surface area contributed by atoms with Gasteiger partial charge in [-0.25, -0.2) is 0 Å². The van der Waals surface area contributed by atoms with Crippen LogP contribution in [0.4, 0.5) is 0 Å². The summed E-state index contributed by atoms with van der Waals surface area (Å²) in [6.07, 6.45) is 1.84. The van der Waals surface area contributed by atoms with Crippen LogP contribution < -0.4 is 5.32 Å². The Balaban J connectivity index is 1.93. The van der Waals surface area contributed by atoms with Gasteiger partial charge in [0.1, 0.15) is 0 Å². The molecule has 1 aliphatic heterocycles. The Morgan fingerprint density at radius 1 is 1.55 bits per heavy atom. The molecular weight excluding hydrogens is 270 g/mol. The van der Waals surface area contributed by atoms with Gasteiger partial charge in [0, 0.05) is 18.8 Å². The largest absolute Gasteiger partial charge is 0.379 e. The summed E-state index contributed by atoms with van der Waals surface area (Å²) in [6, 6.07) is 5.97. The molecule has 0 radical (unpaired) electrons. The van der Waals surface area contributed by atoms with Crippen LogP contribution in [0.1, 0.15) is 17.3 Å². The fourth-order valence-corrected chi connectivity index (χ4v) is 2.44. The number of aromatic nitrogens is 1. The van der Waals surface area contributed by atoms with Crippen molar-refractivity contribution in [3.8, 4) is 0 Å². The smallest absolute Gasteiger partial charge is 0.0893 e. The quantitative estimate of drug-likeness (QED) is 0.662. The highest BCUT2D eigenvalue weighted by Crippen LogP contribution is 2.16. The van der Waals surface area contributed by atoms with E-state index in [1.807, 2.05) is 31.2 Å². The number of aryl methyl sites for hydroxylation is 1. The van der Waals surface area contributed by atoms with Crippen molar-refractivity contribution in [2.45, 2.75) is 12.8 Å². The first-order valence-corrected chi connectivity index (χ1v) is 7.25. The van der Waals surface area contributed by atoms with Crippen LogP contribution in [0, 0.1) is 6.92 Å². The average molecular weight is 291 g/mol. The Hall–Kier alpha value is -1.30. The maximum Gasteiger partial charge on any atom is 0.0893 e. The zero-order chi connectivity index (χ0) is 14.4. The van der Waals surface area contributed by atoms with Crippen molar-refractivity contribution < 1.29 is 4.74 Å². The summed E-state index contributed by atoms with van der Waals surface area (Å²) >= 11 is 5.49. The Morgan fingerprint density at radius 3 is 2.95 bits per heavy atom. The topological polar surface area (TPSA) is 37.4 Å². The molecule has 1 fully saturated rings. The van der Waals surface area contributed by atoms with Gasteiger partial charge >= 0.3 is 0 Å². The first kappa shape index (κ1) is 15.1. The molecule has 5 heteroatoms. The van der Waals surface area contributed by atoms with Crippen LogP contribution in [0.5, 0.6) is 0 Å². The molecular formula is C15H21N3OS. The maximum absolute atomic E-state index is 5.49. The fraction of sp³-hybridized carbons (Fsp3) is 0.467. The van der Waals surface area contributed by atoms with E-state index in [2.05, 4.69) is 21.8 Å². The SMILES string of the molecule is C=CC(C(=S)NCN1CCOCC1)c1cccc(C)n1. The summed E-state index contributed by atoms with van der Waals surface area (Å²) in [6.45, 7) is 10.1. The van der Waals surface area contributed by atoms with Crippen molar-refractivity contribution in [1.82, 2.24) is 15.2 Å². The molecule has 0 saturated carbocycles. The average Bonchev–Trinajstić information content (AvgIpc) is 2.47. The summed E-state index contributed by atoms with van der Waals surface area (Å²) in [7, 11) is 0. The number of hydrogen-bond donors (Lipinski definition) is 1. The predicted octanol–water partition coefficient (Wildman–Crippen LogP) is 1.87. The second kappa shape index (κ2) is 7.47. The van der Waals surface area contributed by atoms with Crippen molar-refractivity contribution in [2.75, 3.05) is 33.0 Å². The second-order valence-corrected chi connectivity index (χ2v) is 5.29. The number of morpholine rings is 1. The van der Waals surface area contributed by atoms with E-state index in [9.17, 15) is 0 Å². The van der Waals surface area contributed by atoms with Gasteiger partial charge in [-0.15, -0.1) is 6.58 Å². The first-order valence-electron chi connectivity index (χ1n) is 6.84. The van der Waals surface area contributed by atoms with Gasteiger partial charge in [0.05, 0.1) is 36.5 Å². The summed E-state index contributed by atoms with van der Waals surface area (Å²) in [5.41, 5.74) is 1.94. The van der Waals surface area contributed by atoms with Gasteiger partial charge in [0.15, 0.2) is 0 Å². The number of ether oxygens (including phenoxy) is 1. The highest BCUT2D eigenvalue weighted by Gasteiger charge is 2.16.